The van der Waals surface area contributed by atoms with E-state index >= 15 is 0 Å². The van der Waals surface area contributed by atoms with E-state index in [-0.39, 0.29) is 19.3 Å². The van der Waals surface area contributed by atoms with E-state index in [9.17, 15) is 17.2 Å². The molecule has 0 bridgehead atoms. The molecule has 5 nitrogen and oxygen atoms in total. The molecule has 0 atom stereocenters. The molecular weight excluding hydrogens is 302 g/mol. The third kappa shape index (κ3) is 4.12. The van der Waals surface area contributed by atoms with E-state index in [4.69, 9.17) is 10.5 Å². The average Bonchev–Trinajstić information content (AvgIpc) is 2.92. The summed E-state index contributed by atoms with van der Waals surface area (Å²) in [6, 6.07) is 1.23. The van der Waals surface area contributed by atoms with Crippen LogP contribution in [-0.2, 0) is 14.8 Å². The van der Waals surface area contributed by atoms with Gasteiger partial charge in [-0.2, -0.15) is 0 Å². The molecule has 2 rings (SSSR count). The number of nitrogens with one attached hydrogen (secondary N) is 1. The van der Waals surface area contributed by atoms with Crippen molar-refractivity contribution in [2.75, 3.05) is 18.9 Å². The van der Waals surface area contributed by atoms with E-state index in [0.717, 1.165) is 31.7 Å². The Hall–Kier alpha value is -1.25. The number of anilines is 1. The number of hydrogen-bond acceptors (Lipinski definition) is 4. The van der Waals surface area contributed by atoms with Crippen LogP contribution in [0, 0.1) is 11.6 Å². The first-order valence-corrected chi connectivity index (χ1v) is 8.24. The minimum absolute atomic E-state index is 0.0234. The van der Waals surface area contributed by atoms with E-state index in [1.165, 1.54) is 0 Å². The highest BCUT2D eigenvalue weighted by molar-refractivity contribution is 7.89. The van der Waals surface area contributed by atoms with Crippen molar-refractivity contribution in [2.45, 2.75) is 36.7 Å². The fraction of sp³-hybridized carbons (Fsp3) is 0.538. The van der Waals surface area contributed by atoms with Gasteiger partial charge in [-0.05, 0) is 18.9 Å². The molecule has 0 heterocycles. The molecule has 8 heteroatoms. The van der Waals surface area contributed by atoms with Gasteiger partial charge in [0, 0.05) is 12.6 Å². The Bertz CT molecular complexity index is 602. The van der Waals surface area contributed by atoms with E-state index in [1.807, 2.05) is 0 Å². The minimum atomic E-state index is -4.08. The molecule has 1 aliphatic rings. The van der Waals surface area contributed by atoms with Gasteiger partial charge < -0.3 is 10.5 Å². The van der Waals surface area contributed by atoms with Crippen molar-refractivity contribution in [3.63, 3.8) is 0 Å². The second-order valence-corrected chi connectivity index (χ2v) is 6.71. The Morgan fingerprint density at radius 2 is 1.90 bits per heavy atom. The molecule has 1 aromatic rings. The molecule has 0 amide bonds. The van der Waals surface area contributed by atoms with Crippen LogP contribution in [-0.4, -0.2) is 27.7 Å². The van der Waals surface area contributed by atoms with E-state index in [1.54, 1.807) is 0 Å². The molecule has 1 aliphatic carbocycles. The number of sulfonamides is 1. The van der Waals surface area contributed by atoms with Gasteiger partial charge in [0.1, 0.15) is 16.5 Å². The predicted molar refractivity (Wildman–Crippen MR) is 74.2 cm³/mol. The fourth-order valence-electron chi connectivity index (χ4n) is 2.29. The summed E-state index contributed by atoms with van der Waals surface area (Å²) in [4.78, 5) is -0.665. The first-order valence-electron chi connectivity index (χ1n) is 6.76. The highest BCUT2D eigenvalue weighted by Crippen LogP contribution is 2.21. The van der Waals surface area contributed by atoms with Gasteiger partial charge >= 0.3 is 0 Å². The lowest BCUT2D eigenvalue weighted by molar-refractivity contribution is 0.0626. The molecule has 1 fully saturated rings. The van der Waals surface area contributed by atoms with Gasteiger partial charge in [0.25, 0.3) is 0 Å². The van der Waals surface area contributed by atoms with Crippen LogP contribution >= 0.6 is 0 Å². The van der Waals surface area contributed by atoms with Crippen LogP contribution in [0.25, 0.3) is 0 Å². The van der Waals surface area contributed by atoms with Crippen LogP contribution in [0.3, 0.4) is 0 Å². The number of ether oxygens (including phenoxy) is 1. The summed E-state index contributed by atoms with van der Waals surface area (Å²) in [7, 11) is -4.08. The number of nitrogen functional groups attached to an aromatic ring is 1. The van der Waals surface area contributed by atoms with Crippen molar-refractivity contribution in [3.05, 3.63) is 23.8 Å². The fourth-order valence-corrected chi connectivity index (χ4v) is 3.39. The summed E-state index contributed by atoms with van der Waals surface area (Å²) < 4.78 is 58.1. The maximum atomic E-state index is 13.5. The molecule has 0 aromatic heterocycles. The standard InChI is InChI=1S/C13H18F2N2O3S/c14-10-7-11(15)13(8-12(10)16)21(18,19)17-5-6-20-9-3-1-2-4-9/h7-9,17H,1-6,16H2. The van der Waals surface area contributed by atoms with Crippen LogP contribution in [0.1, 0.15) is 25.7 Å². The molecule has 0 spiro atoms. The van der Waals surface area contributed by atoms with Gasteiger partial charge in [0.2, 0.25) is 10.0 Å². The molecular formula is C13H18F2N2O3S. The second-order valence-electron chi connectivity index (χ2n) is 4.98. The molecule has 21 heavy (non-hydrogen) atoms. The lowest BCUT2D eigenvalue weighted by atomic mass is 10.3. The maximum absolute atomic E-state index is 13.5. The Labute approximate surface area is 122 Å². The maximum Gasteiger partial charge on any atom is 0.243 e. The Morgan fingerprint density at radius 3 is 2.57 bits per heavy atom. The SMILES string of the molecule is Nc1cc(S(=O)(=O)NCCOC2CCCC2)c(F)cc1F. The zero-order chi connectivity index (χ0) is 15.5. The number of halogens is 2. The van der Waals surface area contributed by atoms with Gasteiger partial charge in [-0.1, -0.05) is 12.8 Å². The lowest BCUT2D eigenvalue weighted by Crippen LogP contribution is -2.29. The number of hydrogen-bond donors (Lipinski definition) is 2. The Balaban J connectivity index is 1.93. The van der Waals surface area contributed by atoms with Gasteiger partial charge in [-0.15, -0.1) is 0 Å². The summed E-state index contributed by atoms with van der Waals surface area (Å²) >= 11 is 0. The molecule has 1 saturated carbocycles. The van der Waals surface area contributed by atoms with E-state index in [0.29, 0.717) is 6.07 Å². The number of benzene rings is 1. The Morgan fingerprint density at radius 1 is 1.24 bits per heavy atom. The van der Waals surface area contributed by atoms with Crippen molar-refractivity contribution in [1.29, 1.82) is 0 Å². The summed E-state index contributed by atoms with van der Waals surface area (Å²) in [6.07, 6.45) is 4.38. The molecule has 0 aliphatic heterocycles. The van der Waals surface area contributed by atoms with Crippen LogP contribution in [0.15, 0.2) is 17.0 Å². The predicted octanol–water partition coefficient (Wildman–Crippen LogP) is 1.78. The summed E-state index contributed by atoms with van der Waals surface area (Å²) in [5.74, 6) is -2.16. The van der Waals surface area contributed by atoms with Crippen molar-refractivity contribution in [2.24, 2.45) is 0 Å². The third-order valence-electron chi connectivity index (χ3n) is 3.39. The first kappa shape index (κ1) is 16.1. The lowest BCUT2D eigenvalue weighted by Gasteiger charge is -2.12. The zero-order valence-corrected chi connectivity index (χ0v) is 12.3. The first-order chi connectivity index (χ1) is 9.90. The highest BCUT2D eigenvalue weighted by atomic mass is 32.2. The minimum Gasteiger partial charge on any atom is -0.396 e. The monoisotopic (exact) mass is 320 g/mol. The van der Waals surface area contributed by atoms with Crippen LogP contribution in [0.2, 0.25) is 0 Å². The van der Waals surface area contributed by atoms with Crippen molar-refractivity contribution in [3.8, 4) is 0 Å². The van der Waals surface area contributed by atoms with Gasteiger partial charge in [0.05, 0.1) is 18.4 Å². The van der Waals surface area contributed by atoms with Gasteiger partial charge in [-0.3, -0.25) is 0 Å². The molecule has 118 valence electrons. The molecule has 0 unspecified atom stereocenters. The highest BCUT2D eigenvalue weighted by Gasteiger charge is 2.21. The van der Waals surface area contributed by atoms with Crippen LogP contribution < -0.4 is 10.5 Å². The largest absolute Gasteiger partial charge is 0.396 e. The quantitative estimate of drug-likeness (QED) is 0.618. The van der Waals surface area contributed by atoms with Crippen molar-refractivity contribution < 1.29 is 21.9 Å². The summed E-state index contributed by atoms with van der Waals surface area (Å²) in [5, 5.41) is 0. The number of rotatable bonds is 6. The molecule has 3 N–H and O–H groups in total. The van der Waals surface area contributed by atoms with E-state index < -0.39 is 32.2 Å². The van der Waals surface area contributed by atoms with Gasteiger partial charge in [-0.25, -0.2) is 21.9 Å². The summed E-state index contributed by atoms with van der Waals surface area (Å²) in [5.41, 5.74) is 4.85. The topological polar surface area (TPSA) is 81.4 Å². The van der Waals surface area contributed by atoms with Crippen molar-refractivity contribution in [1.82, 2.24) is 4.72 Å². The molecule has 0 saturated heterocycles. The smallest absolute Gasteiger partial charge is 0.243 e. The second kappa shape index (κ2) is 6.67. The average molecular weight is 320 g/mol. The van der Waals surface area contributed by atoms with E-state index in [2.05, 4.69) is 4.72 Å². The van der Waals surface area contributed by atoms with Crippen LogP contribution in [0.4, 0.5) is 14.5 Å². The zero-order valence-electron chi connectivity index (χ0n) is 11.4. The Kier molecular flexibility index (Phi) is 5.13. The normalized spacial score (nSPS) is 16.5. The summed E-state index contributed by atoms with van der Waals surface area (Å²) in [6.45, 7) is 0.234. The molecule has 1 aromatic carbocycles. The molecule has 0 radical (unpaired) electrons. The van der Waals surface area contributed by atoms with Crippen LogP contribution in [0.5, 0.6) is 0 Å². The van der Waals surface area contributed by atoms with Crippen molar-refractivity contribution >= 4 is 15.7 Å². The van der Waals surface area contributed by atoms with Gasteiger partial charge in [0.15, 0.2) is 0 Å². The third-order valence-corrected chi connectivity index (χ3v) is 4.87. The number of nitrogens with two attached hydrogens (primary N) is 1.